The zero-order chi connectivity index (χ0) is 23.1. The Morgan fingerprint density at radius 1 is 1.06 bits per heavy atom. The number of carbonyl (C=O) groups is 2. The maximum atomic E-state index is 12.7. The van der Waals surface area contributed by atoms with Crippen LogP contribution in [0.3, 0.4) is 0 Å². The van der Waals surface area contributed by atoms with Gasteiger partial charge in [0.2, 0.25) is 0 Å². The summed E-state index contributed by atoms with van der Waals surface area (Å²) in [6, 6.07) is 3.80. The minimum Gasteiger partial charge on any atom is -0.496 e. The van der Waals surface area contributed by atoms with Gasteiger partial charge in [-0.1, -0.05) is 0 Å². The van der Waals surface area contributed by atoms with Crippen molar-refractivity contribution in [2.24, 2.45) is 0 Å². The molecule has 0 aliphatic carbocycles. The minimum absolute atomic E-state index is 0. The van der Waals surface area contributed by atoms with Crippen LogP contribution in [0.4, 0.5) is 10.8 Å². The Balaban J connectivity index is 0.00000512. The molecule has 0 unspecified atom stereocenters. The van der Waals surface area contributed by atoms with Crippen LogP contribution in [0.5, 0.6) is 11.5 Å². The SMILES string of the molecule is COc1cc(OC)c(C(=O)Nc2nc(C(=O)NCCN(C(C)C)C(C)C)cs2)cc1N.Cl.Cl. The van der Waals surface area contributed by atoms with E-state index in [4.69, 9.17) is 15.2 Å². The molecule has 2 rings (SSSR count). The number of rotatable bonds is 10. The summed E-state index contributed by atoms with van der Waals surface area (Å²) >= 11 is 1.16. The van der Waals surface area contributed by atoms with E-state index in [-0.39, 0.29) is 42.0 Å². The van der Waals surface area contributed by atoms with Crippen molar-refractivity contribution < 1.29 is 19.1 Å². The van der Waals surface area contributed by atoms with E-state index in [9.17, 15) is 9.59 Å². The molecule has 1 aromatic carbocycles. The van der Waals surface area contributed by atoms with Crippen molar-refractivity contribution in [1.29, 1.82) is 0 Å². The molecule has 0 fully saturated rings. The van der Waals surface area contributed by atoms with Crippen LogP contribution >= 0.6 is 36.2 Å². The number of halogens is 2. The first-order valence-electron chi connectivity index (χ1n) is 10.00. The molecule has 186 valence electrons. The van der Waals surface area contributed by atoms with Crippen LogP contribution in [0, 0.1) is 0 Å². The van der Waals surface area contributed by atoms with Gasteiger partial charge in [0.15, 0.2) is 5.13 Å². The van der Waals surface area contributed by atoms with Gasteiger partial charge in [0.1, 0.15) is 17.2 Å². The number of nitrogens with two attached hydrogens (primary N) is 1. The highest BCUT2D eigenvalue weighted by atomic mass is 35.5. The van der Waals surface area contributed by atoms with Gasteiger partial charge >= 0.3 is 0 Å². The van der Waals surface area contributed by atoms with Crippen LogP contribution in [0.15, 0.2) is 17.5 Å². The third kappa shape index (κ3) is 8.22. The highest BCUT2D eigenvalue weighted by Crippen LogP contribution is 2.31. The average Bonchev–Trinajstić information content (AvgIpc) is 3.18. The van der Waals surface area contributed by atoms with Crippen LogP contribution in [0.1, 0.15) is 48.5 Å². The van der Waals surface area contributed by atoms with Crippen molar-refractivity contribution in [1.82, 2.24) is 15.2 Å². The molecule has 2 amide bonds. The second-order valence-electron chi connectivity index (χ2n) is 7.47. The van der Waals surface area contributed by atoms with Gasteiger partial charge in [0.05, 0.1) is 25.5 Å². The number of carbonyl (C=O) groups excluding carboxylic acids is 2. The van der Waals surface area contributed by atoms with E-state index in [0.29, 0.717) is 40.9 Å². The molecule has 0 aliphatic rings. The van der Waals surface area contributed by atoms with Gasteiger partial charge in [0.25, 0.3) is 11.8 Å². The van der Waals surface area contributed by atoms with Gasteiger partial charge in [-0.05, 0) is 33.8 Å². The van der Waals surface area contributed by atoms with E-state index in [1.807, 2.05) is 0 Å². The maximum Gasteiger partial charge on any atom is 0.270 e. The molecular weight excluding hydrogens is 489 g/mol. The minimum atomic E-state index is -0.447. The van der Waals surface area contributed by atoms with E-state index >= 15 is 0 Å². The highest BCUT2D eigenvalue weighted by molar-refractivity contribution is 7.14. The summed E-state index contributed by atoms with van der Waals surface area (Å²) in [5.41, 5.74) is 6.71. The average molecular weight is 522 g/mol. The molecule has 0 aliphatic heterocycles. The fraction of sp³-hybridized carbons (Fsp3) is 0.476. The lowest BCUT2D eigenvalue weighted by atomic mass is 10.1. The zero-order valence-corrected chi connectivity index (χ0v) is 22.1. The summed E-state index contributed by atoms with van der Waals surface area (Å²) in [7, 11) is 2.93. The van der Waals surface area contributed by atoms with Crippen LogP contribution in [0.25, 0.3) is 0 Å². The lowest BCUT2D eigenvalue weighted by Crippen LogP contribution is -2.42. The number of amides is 2. The van der Waals surface area contributed by atoms with Gasteiger partial charge in [0, 0.05) is 36.6 Å². The number of nitrogens with one attached hydrogen (secondary N) is 2. The van der Waals surface area contributed by atoms with Gasteiger partial charge in [-0.2, -0.15) is 0 Å². The summed E-state index contributed by atoms with van der Waals surface area (Å²) < 4.78 is 10.4. The van der Waals surface area contributed by atoms with Crippen LogP contribution in [-0.2, 0) is 0 Å². The maximum absolute atomic E-state index is 12.7. The number of aromatic nitrogens is 1. The first kappa shape index (κ1) is 30.7. The van der Waals surface area contributed by atoms with Crippen molar-refractivity contribution in [3.05, 3.63) is 28.8 Å². The third-order valence-corrected chi connectivity index (χ3v) is 5.49. The standard InChI is InChI=1S/C21H31N5O4S.2ClH/c1-12(2)26(13(3)4)8-7-23-20(28)16-11-31-21(24-16)25-19(27)14-9-15(22)18(30-6)10-17(14)29-5;;/h9-13H,7-8,22H2,1-6H3,(H,23,28)(H,24,25,27);2*1H. The summed E-state index contributed by atoms with van der Waals surface area (Å²) in [6.07, 6.45) is 0. The van der Waals surface area contributed by atoms with E-state index in [1.54, 1.807) is 11.4 Å². The molecule has 1 heterocycles. The molecular formula is C21H33Cl2N5O4S. The predicted molar refractivity (Wildman–Crippen MR) is 138 cm³/mol. The summed E-state index contributed by atoms with van der Waals surface area (Å²) in [5, 5.41) is 7.46. The first-order chi connectivity index (χ1) is 14.7. The Morgan fingerprint density at radius 3 is 2.21 bits per heavy atom. The van der Waals surface area contributed by atoms with Gasteiger partial charge in [-0.3, -0.25) is 19.8 Å². The molecule has 4 N–H and O–H groups in total. The van der Waals surface area contributed by atoms with E-state index < -0.39 is 5.91 Å². The fourth-order valence-electron chi connectivity index (χ4n) is 3.20. The lowest BCUT2D eigenvalue weighted by molar-refractivity contribution is 0.0934. The molecule has 9 nitrogen and oxygen atoms in total. The second-order valence-corrected chi connectivity index (χ2v) is 8.33. The van der Waals surface area contributed by atoms with Gasteiger partial charge < -0.3 is 20.5 Å². The smallest absolute Gasteiger partial charge is 0.270 e. The van der Waals surface area contributed by atoms with Crippen LogP contribution < -0.4 is 25.8 Å². The monoisotopic (exact) mass is 521 g/mol. The number of ether oxygens (including phenoxy) is 2. The molecule has 0 radical (unpaired) electrons. The molecule has 0 atom stereocenters. The molecule has 0 bridgehead atoms. The largest absolute Gasteiger partial charge is 0.496 e. The second kappa shape index (κ2) is 14.1. The summed E-state index contributed by atoms with van der Waals surface area (Å²) in [4.78, 5) is 31.6. The topological polar surface area (TPSA) is 119 Å². The number of anilines is 2. The summed E-state index contributed by atoms with van der Waals surface area (Å²) in [6.45, 7) is 9.76. The number of nitrogens with zero attached hydrogens (tertiary/aromatic N) is 2. The Bertz CT molecular complexity index is 916. The molecule has 0 saturated heterocycles. The number of hydrogen-bond acceptors (Lipinski definition) is 8. The van der Waals surface area contributed by atoms with Gasteiger partial charge in [-0.15, -0.1) is 36.2 Å². The Labute approximate surface area is 211 Å². The molecule has 1 aromatic heterocycles. The molecule has 33 heavy (non-hydrogen) atoms. The number of nitrogen functional groups attached to an aromatic ring is 1. The lowest BCUT2D eigenvalue weighted by Gasteiger charge is -2.30. The Kier molecular flexibility index (Phi) is 13.1. The first-order valence-corrected chi connectivity index (χ1v) is 10.9. The summed E-state index contributed by atoms with van der Waals surface area (Å²) in [5.74, 6) is 0.000500. The Morgan fingerprint density at radius 2 is 1.67 bits per heavy atom. The van der Waals surface area contributed by atoms with Crippen molar-refractivity contribution in [3.8, 4) is 11.5 Å². The van der Waals surface area contributed by atoms with E-state index in [1.165, 1.54) is 20.3 Å². The molecule has 0 spiro atoms. The van der Waals surface area contributed by atoms with Crippen molar-refractivity contribution in [2.45, 2.75) is 39.8 Å². The van der Waals surface area contributed by atoms with E-state index in [0.717, 1.165) is 17.9 Å². The Hall–Kier alpha value is -2.27. The normalized spacial score (nSPS) is 10.5. The van der Waals surface area contributed by atoms with Crippen LogP contribution in [-0.4, -0.2) is 61.1 Å². The number of thiazole rings is 1. The fourth-order valence-corrected chi connectivity index (χ4v) is 3.89. The third-order valence-electron chi connectivity index (χ3n) is 4.74. The quantitative estimate of drug-likeness (QED) is 0.407. The number of benzene rings is 1. The van der Waals surface area contributed by atoms with Crippen molar-refractivity contribution in [2.75, 3.05) is 38.4 Å². The zero-order valence-electron chi connectivity index (χ0n) is 19.6. The number of hydrogen-bond donors (Lipinski definition) is 3. The highest BCUT2D eigenvalue weighted by Gasteiger charge is 2.19. The van der Waals surface area contributed by atoms with Crippen molar-refractivity contribution in [3.63, 3.8) is 0 Å². The number of methoxy groups -OCH3 is 2. The van der Waals surface area contributed by atoms with Crippen molar-refractivity contribution >= 4 is 58.8 Å². The van der Waals surface area contributed by atoms with Gasteiger partial charge in [-0.25, -0.2) is 4.98 Å². The van der Waals surface area contributed by atoms with E-state index in [2.05, 4.69) is 48.2 Å². The molecule has 2 aromatic rings. The predicted octanol–water partition coefficient (Wildman–Crippen LogP) is 3.69. The molecule has 0 saturated carbocycles. The molecule has 12 heteroatoms. The van der Waals surface area contributed by atoms with Crippen LogP contribution in [0.2, 0.25) is 0 Å².